The van der Waals surface area contributed by atoms with E-state index in [4.69, 9.17) is 4.74 Å². The van der Waals surface area contributed by atoms with Gasteiger partial charge in [0.1, 0.15) is 12.4 Å². The highest BCUT2D eigenvalue weighted by Crippen LogP contribution is 2.45. The molecule has 1 fully saturated rings. The Morgan fingerprint density at radius 3 is 2.44 bits per heavy atom. The number of fused-ring (bicyclic) bond motifs is 5. The minimum absolute atomic E-state index is 0.0257. The number of hydrogen-bond donors (Lipinski definition) is 0. The van der Waals surface area contributed by atoms with Gasteiger partial charge >= 0.3 is 6.09 Å². The van der Waals surface area contributed by atoms with Crippen molar-refractivity contribution in [1.29, 1.82) is 5.26 Å². The van der Waals surface area contributed by atoms with Gasteiger partial charge in [-0.1, -0.05) is 60.2 Å². The molecule has 3 aromatic carbocycles. The Morgan fingerprint density at radius 1 is 1.03 bits per heavy atom. The maximum absolute atomic E-state index is 13.8. The van der Waals surface area contributed by atoms with Gasteiger partial charge in [0.25, 0.3) is 0 Å². The van der Waals surface area contributed by atoms with E-state index >= 15 is 0 Å². The fraction of sp³-hybridized carbons (Fsp3) is 0.290. The lowest BCUT2D eigenvalue weighted by atomic mass is 9.83. The van der Waals surface area contributed by atoms with Crippen molar-refractivity contribution in [2.75, 3.05) is 6.61 Å². The quantitative estimate of drug-likeness (QED) is 0.390. The molecule has 2 aliphatic heterocycles. The Hall–Kier alpha value is -3.91. The van der Waals surface area contributed by atoms with Gasteiger partial charge < -0.3 is 4.74 Å². The number of nitriles is 1. The van der Waals surface area contributed by atoms with Crippen molar-refractivity contribution in [2.45, 2.75) is 50.1 Å². The van der Waals surface area contributed by atoms with Crippen LogP contribution in [0.5, 0.6) is 0 Å². The Bertz CT molecular complexity index is 1360. The number of nitrogens with zero attached hydrogens (tertiary/aromatic N) is 2. The van der Waals surface area contributed by atoms with E-state index in [0.717, 1.165) is 31.3 Å². The Labute approximate surface area is 210 Å². The number of carbonyl (C=O) groups is 1. The van der Waals surface area contributed by atoms with E-state index in [-0.39, 0.29) is 29.9 Å². The molecule has 0 radical (unpaired) electrons. The third-order valence-corrected chi connectivity index (χ3v) is 7.87. The summed E-state index contributed by atoms with van der Waals surface area (Å²) in [7, 11) is 0. The smallest absolute Gasteiger partial charge is 0.410 e. The van der Waals surface area contributed by atoms with Crippen LogP contribution in [0.3, 0.4) is 0 Å². The summed E-state index contributed by atoms with van der Waals surface area (Å²) in [6, 6.07) is 23.2. The van der Waals surface area contributed by atoms with Crippen LogP contribution in [0.25, 0.3) is 11.1 Å². The molecule has 1 saturated heterocycles. The molecule has 0 aromatic heterocycles. The fourth-order valence-corrected chi connectivity index (χ4v) is 6.26. The summed E-state index contributed by atoms with van der Waals surface area (Å²) in [6.45, 7) is 0.314. The molecule has 2 heterocycles. The zero-order chi connectivity index (χ0) is 24.6. The van der Waals surface area contributed by atoms with Crippen molar-refractivity contribution in [3.8, 4) is 17.2 Å². The summed E-state index contributed by atoms with van der Waals surface area (Å²) < 4.78 is 19.8. The molecule has 2 atom stereocenters. The first kappa shape index (κ1) is 22.5. The molecular weight excluding hydrogens is 451 g/mol. The van der Waals surface area contributed by atoms with Crippen LogP contribution in [0.1, 0.15) is 53.9 Å². The first-order chi connectivity index (χ1) is 17.6. The topological polar surface area (TPSA) is 53.3 Å². The van der Waals surface area contributed by atoms with Crippen LogP contribution in [0, 0.1) is 17.1 Å². The zero-order valence-electron chi connectivity index (χ0n) is 20.0. The number of rotatable bonds is 4. The third kappa shape index (κ3) is 3.97. The molecule has 0 N–H and O–H groups in total. The monoisotopic (exact) mass is 478 g/mol. The number of hydrogen-bond acceptors (Lipinski definition) is 3. The van der Waals surface area contributed by atoms with Crippen molar-refractivity contribution < 1.29 is 13.9 Å². The first-order valence-corrected chi connectivity index (χ1v) is 12.6. The number of benzene rings is 3. The van der Waals surface area contributed by atoms with Gasteiger partial charge in [-0.25, -0.2) is 9.18 Å². The molecule has 3 aromatic rings. The van der Waals surface area contributed by atoms with Crippen molar-refractivity contribution in [3.05, 3.63) is 106 Å². The number of carbonyl (C=O) groups excluding carboxylic acids is 1. The number of ether oxygens (including phenoxy) is 1. The van der Waals surface area contributed by atoms with Gasteiger partial charge in [-0.05, 0) is 78.1 Å². The summed E-state index contributed by atoms with van der Waals surface area (Å²) in [5.74, 6) is -0.296. The van der Waals surface area contributed by atoms with Crippen LogP contribution < -0.4 is 0 Å². The minimum Gasteiger partial charge on any atom is -0.448 e. The van der Waals surface area contributed by atoms with Gasteiger partial charge in [-0.15, -0.1) is 0 Å². The summed E-state index contributed by atoms with van der Waals surface area (Å²) in [6.07, 6.45) is 6.02. The molecule has 1 amide bonds. The van der Waals surface area contributed by atoms with E-state index in [9.17, 15) is 14.4 Å². The molecular formula is C31H27FN2O2. The SMILES string of the molecule is N#Cc1ccc(F)cc1CC1=CC2CCCC(C1)N2C(=O)OCC1c2ccccc2-c2ccccc21. The van der Waals surface area contributed by atoms with Gasteiger partial charge in [0.15, 0.2) is 0 Å². The average molecular weight is 479 g/mol. The predicted octanol–water partition coefficient (Wildman–Crippen LogP) is 6.74. The number of amides is 1. The second-order valence-electron chi connectivity index (χ2n) is 9.98. The lowest BCUT2D eigenvalue weighted by Crippen LogP contribution is -2.52. The first-order valence-electron chi connectivity index (χ1n) is 12.6. The van der Waals surface area contributed by atoms with Crippen molar-refractivity contribution in [2.24, 2.45) is 0 Å². The lowest BCUT2D eigenvalue weighted by molar-refractivity contribution is 0.0509. The Balaban J connectivity index is 1.19. The van der Waals surface area contributed by atoms with Crippen LogP contribution in [0.4, 0.5) is 9.18 Å². The number of piperidine rings is 1. The molecule has 180 valence electrons. The van der Waals surface area contributed by atoms with Crippen LogP contribution in [0.15, 0.2) is 78.4 Å². The highest BCUT2D eigenvalue weighted by Gasteiger charge is 2.39. The standard InChI is InChI=1S/C31H27FN2O2/c32-23-13-12-21(18-33)22(17-23)14-20-15-24-6-5-7-25(16-20)34(24)31(35)36-19-30-28-10-3-1-8-26(28)27-9-2-4-11-29(27)30/h1-4,8-13,15,17,24-25,30H,5-7,14,16,19H2. The van der Waals surface area contributed by atoms with E-state index < -0.39 is 0 Å². The van der Waals surface area contributed by atoms with Crippen LogP contribution in [0.2, 0.25) is 0 Å². The van der Waals surface area contributed by atoms with Gasteiger partial charge in [0.05, 0.1) is 17.7 Å². The predicted molar refractivity (Wildman–Crippen MR) is 136 cm³/mol. The van der Waals surface area contributed by atoms with Crippen molar-refractivity contribution in [1.82, 2.24) is 4.90 Å². The number of halogens is 1. The highest BCUT2D eigenvalue weighted by atomic mass is 19.1. The van der Waals surface area contributed by atoms with Gasteiger partial charge in [-0.2, -0.15) is 5.26 Å². The van der Waals surface area contributed by atoms with Crippen LogP contribution in [-0.4, -0.2) is 29.7 Å². The second kappa shape index (κ2) is 9.28. The average Bonchev–Trinajstić information content (AvgIpc) is 3.20. The minimum atomic E-state index is -0.333. The molecule has 0 spiro atoms. The maximum atomic E-state index is 13.8. The summed E-state index contributed by atoms with van der Waals surface area (Å²) in [5.41, 5.74) is 7.20. The lowest BCUT2D eigenvalue weighted by Gasteiger charge is -2.44. The summed E-state index contributed by atoms with van der Waals surface area (Å²) >= 11 is 0. The fourth-order valence-electron chi connectivity index (χ4n) is 6.26. The molecule has 4 nitrogen and oxygen atoms in total. The normalized spacial score (nSPS) is 20.2. The van der Waals surface area contributed by atoms with Gasteiger partial charge in [0, 0.05) is 12.0 Å². The third-order valence-electron chi connectivity index (χ3n) is 7.87. The second-order valence-corrected chi connectivity index (χ2v) is 9.98. The van der Waals surface area contributed by atoms with E-state index in [0.29, 0.717) is 24.2 Å². The van der Waals surface area contributed by atoms with Crippen molar-refractivity contribution >= 4 is 6.09 Å². The molecule has 6 rings (SSSR count). The molecule has 36 heavy (non-hydrogen) atoms. The van der Waals surface area contributed by atoms with E-state index in [1.54, 1.807) is 0 Å². The molecule has 1 aliphatic carbocycles. The Kier molecular flexibility index (Phi) is 5.81. The summed E-state index contributed by atoms with van der Waals surface area (Å²) in [4.78, 5) is 15.3. The Morgan fingerprint density at radius 2 is 1.75 bits per heavy atom. The van der Waals surface area contributed by atoms with Crippen molar-refractivity contribution in [3.63, 3.8) is 0 Å². The van der Waals surface area contributed by atoms with Gasteiger partial charge in [0.2, 0.25) is 0 Å². The van der Waals surface area contributed by atoms with E-state index in [1.165, 1.54) is 40.5 Å². The zero-order valence-corrected chi connectivity index (χ0v) is 20.0. The molecule has 5 heteroatoms. The highest BCUT2D eigenvalue weighted by molar-refractivity contribution is 5.79. The molecule has 2 unspecified atom stereocenters. The molecule has 2 bridgehead atoms. The van der Waals surface area contributed by atoms with Gasteiger partial charge in [-0.3, -0.25) is 4.90 Å². The van der Waals surface area contributed by atoms with Crippen LogP contribution >= 0.6 is 0 Å². The largest absolute Gasteiger partial charge is 0.448 e. The maximum Gasteiger partial charge on any atom is 0.410 e. The molecule has 3 aliphatic rings. The van der Waals surface area contributed by atoms with E-state index in [2.05, 4.69) is 36.4 Å². The van der Waals surface area contributed by atoms with Crippen LogP contribution in [-0.2, 0) is 11.2 Å². The van der Waals surface area contributed by atoms with E-state index in [1.807, 2.05) is 29.2 Å². The summed E-state index contributed by atoms with van der Waals surface area (Å²) in [5, 5.41) is 9.43. The molecule has 0 saturated carbocycles.